The minimum atomic E-state index is 0.798. The summed E-state index contributed by atoms with van der Waals surface area (Å²) in [5, 5.41) is 0.798. The van der Waals surface area contributed by atoms with E-state index < -0.39 is 0 Å². The molecule has 0 spiro atoms. The molecule has 0 heterocycles. The van der Waals surface area contributed by atoms with Crippen molar-refractivity contribution in [1.82, 2.24) is 0 Å². The molecule has 0 bridgehead atoms. The molecule has 0 fully saturated rings. The Balaban J connectivity index is 2.63. The van der Waals surface area contributed by atoms with E-state index in [1.807, 2.05) is 31.2 Å². The van der Waals surface area contributed by atoms with E-state index in [0.717, 1.165) is 30.7 Å². The van der Waals surface area contributed by atoms with Crippen molar-refractivity contribution >= 4 is 43.5 Å². The summed E-state index contributed by atoms with van der Waals surface area (Å²) < 4.78 is 2.12. The molecule has 0 N–H and O–H groups in total. The zero-order valence-corrected chi connectivity index (χ0v) is 12.5. The molecule has 0 aromatic heterocycles. The van der Waals surface area contributed by atoms with Gasteiger partial charge in [-0.05, 0) is 41.8 Å². The van der Waals surface area contributed by atoms with Gasteiger partial charge in [-0.2, -0.15) is 0 Å². The summed E-state index contributed by atoms with van der Waals surface area (Å²) >= 11 is 13.1. The molecule has 0 unspecified atom stereocenters. The van der Waals surface area contributed by atoms with Gasteiger partial charge in [-0.25, -0.2) is 0 Å². The fourth-order valence-corrected chi connectivity index (χ4v) is 3.04. The lowest BCUT2D eigenvalue weighted by Gasteiger charge is -2.09. The lowest BCUT2D eigenvalue weighted by atomic mass is 10.0. The number of halogens is 3. The summed E-state index contributed by atoms with van der Waals surface area (Å²) in [5.74, 6) is 0. The largest absolute Gasteiger partial charge is 0.0840 e. The smallest absolute Gasteiger partial charge is 0.0441 e. The first-order valence-corrected chi connectivity index (χ1v) is 6.76. The van der Waals surface area contributed by atoms with E-state index in [4.69, 9.17) is 11.6 Å². The third-order valence-corrected chi connectivity index (χ3v) is 4.05. The molecule has 82 valence electrons. The van der Waals surface area contributed by atoms with E-state index in [9.17, 15) is 0 Å². The standard InChI is InChI=1S/C13H9Br2Cl/c1-8-10(3-2-4-13(8)16)11-6-5-9(14)7-12(11)15/h2-7H,1H3. The van der Waals surface area contributed by atoms with Gasteiger partial charge >= 0.3 is 0 Å². The Morgan fingerprint density at radius 3 is 2.44 bits per heavy atom. The Hall–Kier alpha value is -0.310. The Morgan fingerprint density at radius 2 is 1.75 bits per heavy atom. The van der Waals surface area contributed by atoms with Crippen LogP contribution in [0.25, 0.3) is 11.1 Å². The molecule has 0 nitrogen and oxygen atoms in total. The highest BCUT2D eigenvalue weighted by atomic mass is 79.9. The second kappa shape index (κ2) is 4.91. The van der Waals surface area contributed by atoms with Crippen LogP contribution in [0, 0.1) is 6.92 Å². The number of hydrogen-bond donors (Lipinski definition) is 0. The molecule has 2 rings (SSSR count). The Labute approximate surface area is 117 Å². The van der Waals surface area contributed by atoms with Gasteiger partial charge in [0.2, 0.25) is 0 Å². The lowest BCUT2D eigenvalue weighted by Crippen LogP contribution is -1.85. The molecule has 0 amide bonds. The molecule has 2 aromatic rings. The zero-order chi connectivity index (χ0) is 11.7. The normalized spacial score (nSPS) is 10.5. The van der Waals surface area contributed by atoms with Crippen molar-refractivity contribution < 1.29 is 0 Å². The van der Waals surface area contributed by atoms with Gasteiger partial charge in [0.15, 0.2) is 0 Å². The second-order valence-electron chi connectivity index (χ2n) is 3.54. The van der Waals surface area contributed by atoms with E-state index in [-0.39, 0.29) is 0 Å². The van der Waals surface area contributed by atoms with Gasteiger partial charge in [0, 0.05) is 14.0 Å². The molecule has 3 heteroatoms. The Morgan fingerprint density at radius 1 is 1.00 bits per heavy atom. The fourth-order valence-electron chi connectivity index (χ4n) is 1.61. The lowest BCUT2D eigenvalue weighted by molar-refractivity contribution is 1.44. The first-order chi connectivity index (χ1) is 7.59. The Kier molecular flexibility index (Phi) is 3.73. The second-order valence-corrected chi connectivity index (χ2v) is 5.71. The third kappa shape index (κ3) is 2.34. The first-order valence-electron chi connectivity index (χ1n) is 4.80. The minimum Gasteiger partial charge on any atom is -0.0840 e. The highest BCUT2D eigenvalue weighted by Crippen LogP contribution is 2.34. The number of hydrogen-bond acceptors (Lipinski definition) is 0. The number of rotatable bonds is 1. The van der Waals surface area contributed by atoms with Crippen LogP contribution in [-0.4, -0.2) is 0 Å². The van der Waals surface area contributed by atoms with E-state index in [0.29, 0.717) is 0 Å². The SMILES string of the molecule is Cc1c(Cl)cccc1-c1ccc(Br)cc1Br. The minimum absolute atomic E-state index is 0.798. The summed E-state index contributed by atoms with van der Waals surface area (Å²) in [6.45, 7) is 2.03. The molecule has 2 aromatic carbocycles. The van der Waals surface area contributed by atoms with Crippen molar-refractivity contribution in [3.8, 4) is 11.1 Å². The fraction of sp³-hybridized carbons (Fsp3) is 0.0769. The van der Waals surface area contributed by atoms with Crippen molar-refractivity contribution in [1.29, 1.82) is 0 Å². The van der Waals surface area contributed by atoms with E-state index >= 15 is 0 Å². The topological polar surface area (TPSA) is 0 Å². The van der Waals surface area contributed by atoms with Crippen LogP contribution in [0.5, 0.6) is 0 Å². The zero-order valence-electron chi connectivity index (χ0n) is 8.60. The van der Waals surface area contributed by atoms with Crippen LogP contribution in [0.1, 0.15) is 5.56 Å². The molecule has 0 aliphatic rings. The van der Waals surface area contributed by atoms with E-state index in [2.05, 4.69) is 44.0 Å². The average Bonchev–Trinajstić information content (AvgIpc) is 2.23. The summed E-state index contributed by atoms with van der Waals surface area (Å²) in [5.41, 5.74) is 3.42. The van der Waals surface area contributed by atoms with Crippen molar-refractivity contribution in [3.05, 3.63) is 55.9 Å². The quantitative estimate of drug-likeness (QED) is 0.599. The average molecular weight is 360 g/mol. The predicted octanol–water partition coefficient (Wildman–Crippen LogP) is 5.84. The molecular weight excluding hydrogens is 351 g/mol. The third-order valence-electron chi connectivity index (χ3n) is 2.49. The summed E-state index contributed by atoms with van der Waals surface area (Å²) in [4.78, 5) is 0. The van der Waals surface area contributed by atoms with Crippen LogP contribution in [0.2, 0.25) is 5.02 Å². The van der Waals surface area contributed by atoms with Crippen molar-refractivity contribution in [2.45, 2.75) is 6.92 Å². The van der Waals surface area contributed by atoms with Crippen LogP contribution in [0.3, 0.4) is 0 Å². The van der Waals surface area contributed by atoms with Gasteiger partial charge in [-0.3, -0.25) is 0 Å². The van der Waals surface area contributed by atoms with Gasteiger partial charge in [-0.15, -0.1) is 0 Å². The Bertz CT molecular complexity index is 535. The van der Waals surface area contributed by atoms with Gasteiger partial charge in [0.1, 0.15) is 0 Å². The van der Waals surface area contributed by atoms with Crippen molar-refractivity contribution in [3.63, 3.8) is 0 Å². The first kappa shape index (κ1) is 12.2. The molecule has 0 aliphatic carbocycles. The van der Waals surface area contributed by atoms with Crippen LogP contribution < -0.4 is 0 Å². The monoisotopic (exact) mass is 358 g/mol. The maximum Gasteiger partial charge on any atom is 0.0441 e. The van der Waals surface area contributed by atoms with Gasteiger partial charge in [0.25, 0.3) is 0 Å². The molecule has 0 saturated carbocycles. The molecule has 0 saturated heterocycles. The highest BCUT2D eigenvalue weighted by Gasteiger charge is 2.08. The molecule has 0 radical (unpaired) electrons. The van der Waals surface area contributed by atoms with Crippen LogP contribution in [0.15, 0.2) is 45.3 Å². The predicted molar refractivity (Wildman–Crippen MR) is 77.0 cm³/mol. The van der Waals surface area contributed by atoms with Crippen LogP contribution >= 0.6 is 43.5 Å². The molecule has 0 aliphatic heterocycles. The maximum atomic E-state index is 6.12. The van der Waals surface area contributed by atoms with Gasteiger partial charge in [-0.1, -0.05) is 61.7 Å². The number of benzene rings is 2. The molecular formula is C13H9Br2Cl. The highest BCUT2D eigenvalue weighted by molar-refractivity contribution is 9.11. The van der Waals surface area contributed by atoms with Crippen molar-refractivity contribution in [2.24, 2.45) is 0 Å². The van der Waals surface area contributed by atoms with Gasteiger partial charge in [0.05, 0.1) is 0 Å². The van der Waals surface area contributed by atoms with Crippen LogP contribution in [-0.2, 0) is 0 Å². The van der Waals surface area contributed by atoms with Gasteiger partial charge < -0.3 is 0 Å². The molecule has 16 heavy (non-hydrogen) atoms. The summed E-state index contributed by atoms with van der Waals surface area (Å²) in [6, 6.07) is 12.1. The maximum absolute atomic E-state index is 6.12. The summed E-state index contributed by atoms with van der Waals surface area (Å²) in [6.07, 6.45) is 0. The van der Waals surface area contributed by atoms with E-state index in [1.54, 1.807) is 0 Å². The molecule has 0 atom stereocenters. The van der Waals surface area contributed by atoms with E-state index in [1.165, 1.54) is 0 Å². The van der Waals surface area contributed by atoms with Crippen LogP contribution in [0.4, 0.5) is 0 Å². The summed E-state index contributed by atoms with van der Waals surface area (Å²) in [7, 11) is 0. The van der Waals surface area contributed by atoms with Crippen molar-refractivity contribution in [2.75, 3.05) is 0 Å².